The number of hydrogen-bond acceptors (Lipinski definition) is 5. The van der Waals surface area contributed by atoms with Crippen molar-refractivity contribution >= 4 is 42.3 Å². The number of anilines is 1. The van der Waals surface area contributed by atoms with E-state index in [1.807, 2.05) is 33.3 Å². The van der Waals surface area contributed by atoms with Crippen molar-refractivity contribution in [3.05, 3.63) is 12.4 Å². The zero-order valence-corrected chi connectivity index (χ0v) is 17.1. The molecule has 0 aromatic carbocycles. The Hall–Kier alpha value is -1.51. The van der Waals surface area contributed by atoms with E-state index in [-0.39, 0.29) is 55.1 Å². The third-order valence-corrected chi connectivity index (χ3v) is 4.29. The monoisotopic (exact) mass is 408 g/mol. The number of carbonyl (C=O) groups is 2. The molecule has 0 aliphatic carbocycles. The van der Waals surface area contributed by atoms with Crippen molar-refractivity contribution in [2.75, 3.05) is 24.5 Å². The zero-order valence-electron chi connectivity index (χ0n) is 15.5. The Bertz CT molecular complexity index is 581. The molecule has 8 nitrogen and oxygen atoms in total. The number of halogens is 2. The second-order valence-electron chi connectivity index (χ2n) is 6.71. The van der Waals surface area contributed by atoms with Crippen LogP contribution in [0.25, 0.3) is 0 Å². The van der Waals surface area contributed by atoms with Crippen LogP contribution in [0, 0.1) is 5.92 Å². The summed E-state index contributed by atoms with van der Waals surface area (Å²) in [6.45, 7) is 5.41. The molecule has 2 heterocycles. The molecule has 150 valence electrons. The molecule has 1 aromatic rings. The highest BCUT2D eigenvalue weighted by atomic mass is 35.5. The molecule has 0 spiro atoms. The van der Waals surface area contributed by atoms with Crippen LogP contribution in [0.2, 0.25) is 0 Å². The third kappa shape index (κ3) is 7.01. The predicted octanol–water partition coefficient (Wildman–Crippen LogP) is 0.448. The fourth-order valence-corrected chi connectivity index (χ4v) is 2.77. The largest absolute Gasteiger partial charge is 0.367 e. The van der Waals surface area contributed by atoms with Crippen LogP contribution >= 0.6 is 24.8 Å². The van der Waals surface area contributed by atoms with Crippen LogP contribution in [0.4, 0.5) is 5.69 Å². The van der Waals surface area contributed by atoms with Crippen LogP contribution < -0.4 is 21.3 Å². The Morgan fingerprint density at radius 1 is 1.38 bits per heavy atom. The molecule has 1 saturated heterocycles. The number of amides is 2. The van der Waals surface area contributed by atoms with Gasteiger partial charge in [0.25, 0.3) is 0 Å². The Balaban J connectivity index is 0.00000312. The van der Waals surface area contributed by atoms with E-state index in [1.54, 1.807) is 4.68 Å². The maximum Gasteiger partial charge on any atom is 0.239 e. The van der Waals surface area contributed by atoms with E-state index in [9.17, 15) is 9.59 Å². The molecule has 1 aliphatic rings. The number of carbonyl (C=O) groups excluding carboxylic acids is 2. The number of piperidine rings is 1. The first-order valence-corrected chi connectivity index (χ1v) is 8.43. The molecule has 1 aromatic heterocycles. The maximum absolute atomic E-state index is 12.1. The lowest BCUT2D eigenvalue weighted by Gasteiger charge is -2.33. The molecule has 2 amide bonds. The lowest BCUT2D eigenvalue weighted by Crippen LogP contribution is -2.51. The number of nitrogens with two attached hydrogens (primary N) is 1. The van der Waals surface area contributed by atoms with Gasteiger partial charge in [0.1, 0.15) is 0 Å². The second-order valence-corrected chi connectivity index (χ2v) is 6.71. The first-order valence-electron chi connectivity index (χ1n) is 8.43. The first kappa shape index (κ1) is 24.5. The highest BCUT2D eigenvalue weighted by molar-refractivity contribution is 5.87. The summed E-state index contributed by atoms with van der Waals surface area (Å²) >= 11 is 0. The van der Waals surface area contributed by atoms with Crippen molar-refractivity contribution in [3.8, 4) is 0 Å². The molecular formula is C16H30Cl2N6O2. The summed E-state index contributed by atoms with van der Waals surface area (Å²) in [6.07, 6.45) is 5.74. The maximum atomic E-state index is 12.1. The lowest BCUT2D eigenvalue weighted by atomic mass is 10.0. The van der Waals surface area contributed by atoms with Gasteiger partial charge in [0.2, 0.25) is 11.8 Å². The van der Waals surface area contributed by atoms with Crippen LogP contribution in [-0.2, 0) is 16.6 Å². The van der Waals surface area contributed by atoms with Crippen LogP contribution in [0.15, 0.2) is 12.4 Å². The molecule has 0 saturated carbocycles. The van der Waals surface area contributed by atoms with Gasteiger partial charge in [0, 0.05) is 32.4 Å². The highest BCUT2D eigenvalue weighted by Crippen LogP contribution is 2.18. The number of aryl methyl sites for hydroxylation is 1. The van der Waals surface area contributed by atoms with Crippen molar-refractivity contribution in [3.63, 3.8) is 0 Å². The van der Waals surface area contributed by atoms with Gasteiger partial charge >= 0.3 is 0 Å². The van der Waals surface area contributed by atoms with Crippen LogP contribution in [0.1, 0.15) is 26.7 Å². The molecule has 1 unspecified atom stereocenters. The van der Waals surface area contributed by atoms with Gasteiger partial charge < -0.3 is 21.3 Å². The summed E-state index contributed by atoms with van der Waals surface area (Å²) in [5.41, 5.74) is 6.82. The molecule has 26 heavy (non-hydrogen) atoms. The fourth-order valence-electron chi connectivity index (χ4n) is 2.77. The minimum absolute atomic E-state index is 0. The molecule has 4 N–H and O–H groups in total. The summed E-state index contributed by atoms with van der Waals surface area (Å²) in [7, 11) is 1.89. The topological polar surface area (TPSA) is 105 Å². The third-order valence-electron chi connectivity index (χ3n) is 4.29. The van der Waals surface area contributed by atoms with E-state index in [2.05, 4.69) is 20.6 Å². The number of hydrogen-bond donors (Lipinski definition) is 3. The summed E-state index contributed by atoms with van der Waals surface area (Å²) in [5.74, 6) is -0.433. The van der Waals surface area contributed by atoms with E-state index in [0.29, 0.717) is 0 Å². The van der Waals surface area contributed by atoms with Gasteiger partial charge in [0.15, 0.2) is 0 Å². The minimum atomic E-state index is -0.589. The van der Waals surface area contributed by atoms with Gasteiger partial charge in [-0.3, -0.25) is 14.3 Å². The number of nitrogens with zero attached hydrogens (tertiary/aromatic N) is 3. The van der Waals surface area contributed by atoms with Gasteiger partial charge in [0.05, 0.1) is 24.5 Å². The van der Waals surface area contributed by atoms with Crippen LogP contribution in [-0.4, -0.2) is 53.3 Å². The Morgan fingerprint density at radius 2 is 2.08 bits per heavy atom. The van der Waals surface area contributed by atoms with Crippen molar-refractivity contribution in [1.29, 1.82) is 0 Å². The molecule has 1 aliphatic heterocycles. The molecule has 0 radical (unpaired) electrons. The Labute approximate surface area is 167 Å². The summed E-state index contributed by atoms with van der Waals surface area (Å²) in [4.78, 5) is 26.1. The van der Waals surface area contributed by atoms with E-state index >= 15 is 0 Å². The van der Waals surface area contributed by atoms with Crippen molar-refractivity contribution < 1.29 is 9.59 Å². The van der Waals surface area contributed by atoms with E-state index in [0.717, 1.165) is 31.6 Å². The quantitative estimate of drug-likeness (QED) is 0.633. The summed E-state index contributed by atoms with van der Waals surface area (Å²) in [6, 6.07) is -0.518. The van der Waals surface area contributed by atoms with Gasteiger partial charge in [-0.15, -0.1) is 24.8 Å². The number of nitrogens with one attached hydrogen (secondary N) is 2. The summed E-state index contributed by atoms with van der Waals surface area (Å²) in [5, 5.41) is 9.77. The van der Waals surface area contributed by atoms with Gasteiger partial charge in [-0.05, 0) is 18.8 Å². The van der Waals surface area contributed by atoms with Crippen LogP contribution in [0.5, 0.6) is 0 Å². The van der Waals surface area contributed by atoms with Crippen molar-refractivity contribution in [1.82, 2.24) is 20.4 Å². The molecular weight excluding hydrogens is 379 g/mol. The number of rotatable bonds is 6. The van der Waals surface area contributed by atoms with Crippen molar-refractivity contribution in [2.45, 2.75) is 38.8 Å². The standard InChI is InChI=1S/C16H28N6O2.2ClH/c1-11(2)15(17)16(24)18-8-14(23)20-12-5-4-6-22(9-12)13-7-19-21(3)10-13;;/h7,10-12,15H,4-6,8-9,17H2,1-3H3,(H,18,24)(H,20,23);2*1H/t12?,15-;;/m0../s1. The molecule has 0 bridgehead atoms. The van der Waals surface area contributed by atoms with E-state index in [1.165, 1.54) is 0 Å². The molecule has 2 atom stereocenters. The van der Waals surface area contributed by atoms with Gasteiger partial charge in [-0.1, -0.05) is 13.8 Å². The Morgan fingerprint density at radius 3 is 2.65 bits per heavy atom. The highest BCUT2D eigenvalue weighted by Gasteiger charge is 2.23. The smallest absolute Gasteiger partial charge is 0.239 e. The van der Waals surface area contributed by atoms with E-state index < -0.39 is 6.04 Å². The predicted molar refractivity (Wildman–Crippen MR) is 107 cm³/mol. The van der Waals surface area contributed by atoms with Gasteiger partial charge in [-0.2, -0.15) is 5.10 Å². The molecule has 1 fully saturated rings. The fraction of sp³-hybridized carbons (Fsp3) is 0.688. The molecule has 10 heteroatoms. The lowest BCUT2D eigenvalue weighted by molar-refractivity contribution is -0.127. The SMILES string of the molecule is CC(C)[C@H](N)C(=O)NCC(=O)NC1CCCN(c2cnn(C)c2)C1.Cl.Cl. The van der Waals surface area contributed by atoms with Crippen molar-refractivity contribution in [2.24, 2.45) is 18.7 Å². The minimum Gasteiger partial charge on any atom is -0.367 e. The molecule has 2 rings (SSSR count). The second kappa shape index (κ2) is 11.3. The van der Waals surface area contributed by atoms with E-state index in [4.69, 9.17) is 5.73 Å². The average molecular weight is 409 g/mol. The first-order chi connectivity index (χ1) is 11.4. The summed E-state index contributed by atoms with van der Waals surface area (Å²) < 4.78 is 1.77. The normalized spacial score (nSPS) is 17.7. The average Bonchev–Trinajstić information content (AvgIpc) is 2.98. The van der Waals surface area contributed by atoms with Crippen LogP contribution in [0.3, 0.4) is 0 Å². The van der Waals surface area contributed by atoms with Gasteiger partial charge in [-0.25, -0.2) is 0 Å². The zero-order chi connectivity index (χ0) is 17.7. The number of aromatic nitrogens is 2. The Kier molecular flexibility index (Phi) is 10.6.